The topological polar surface area (TPSA) is 73.7 Å². The highest BCUT2D eigenvalue weighted by Crippen LogP contribution is 2.28. The van der Waals surface area contributed by atoms with Gasteiger partial charge >= 0.3 is 0 Å². The van der Waals surface area contributed by atoms with Crippen molar-refractivity contribution in [1.29, 1.82) is 0 Å². The molecule has 0 fully saturated rings. The van der Waals surface area contributed by atoms with Crippen LogP contribution >= 0.6 is 0 Å². The Morgan fingerprint density at radius 1 is 1.22 bits per heavy atom. The number of aryl methyl sites for hydroxylation is 1. The van der Waals surface area contributed by atoms with Crippen LogP contribution in [-0.2, 0) is 23.6 Å². The average Bonchev–Trinajstić information content (AvgIpc) is 2.99. The molecule has 0 unspecified atom stereocenters. The largest absolute Gasteiger partial charge is 0.493 e. The van der Waals surface area contributed by atoms with Gasteiger partial charge < -0.3 is 9.47 Å². The molecule has 0 spiro atoms. The Hall–Kier alpha value is -2.06. The predicted octanol–water partition coefficient (Wildman–Crippen LogP) is 1.65. The number of hydrogen-bond donors (Lipinski definition) is 0. The van der Waals surface area contributed by atoms with Gasteiger partial charge in [0.25, 0.3) is 0 Å². The highest BCUT2D eigenvalue weighted by Gasteiger charge is 2.25. The lowest BCUT2D eigenvalue weighted by Crippen LogP contribution is -2.30. The van der Waals surface area contributed by atoms with E-state index in [9.17, 15) is 8.42 Å². The van der Waals surface area contributed by atoms with Crippen LogP contribution in [0.1, 0.15) is 12.5 Å². The molecule has 1 heterocycles. The van der Waals surface area contributed by atoms with E-state index in [4.69, 9.17) is 9.47 Å². The molecule has 0 aliphatic rings. The molecule has 0 saturated heterocycles. The van der Waals surface area contributed by atoms with Crippen LogP contribution < -0.4 is 9.47 Å². The van der Waals surface area contributed by atoms with Crippen LogP contribution in [-0.4, -0.2) is 43.3 Å². The molecule has 2 aromatic rings. The van der Waals surface area contributed by atoms with Crippen molar-refractivity contribution in [2.45, 2.75) is 18.4 Å². The molecule has 7 nitrogen and oxygen atoms in total. The van der Waals surface area contributed by atoms with Gasteiger partial charge in [0.1, 0.15) is 4.90 Å². The van der Waals surface area contributed by atoms with E-state index in [0.717, 1.165) is 5.56 Å². The summed E-state index contributed by atoms with van der Waals surface area (Å²) in [5.41, 5.74) is 0.817. The Morgan fingerprint density at radius 3 is 2.43 bits per heavy atom. The standard InChI is InChI=1S/C15H21N3O4S/c1-5-18(23(19,20)13-9-16-17(2)11-13)10-12-6-7-14(21-3)15(8-12)22-4/h6-9,11H,5,10H2,1-4H3. The third-order valence-corrected chi connectivity index (χ3v) is 5.35. The zero-order chi connectivity index (χ0) is 17.0. The maximum atomic E-state index is 12.7. The highest BCUT2D eigenvalue weighted by atomic mass is 32.2. The molecule has 0 saturated carbocycles. The fourth-order valence-electron chi connectivity index (χ4n) is 2.23. The summed E-state index contributed by atoms with van der Waals surface area (Å²) >= 11 is 0. The first kappa shape index (κ1) is 17.3. The molecule has 1 aromatic heterocycles. The lowest BCUT2D eigenvalue weighted by molar-refractivity contribution is 0.353. The summed E-state index contributed by atoms with van der Waals surface area (Å²) in [7, 11) is 1.20. The third kappa shape index (κ3) is 3.65. The van der Waals surface area contributed by atoms with Crippen LogP contribution in [0.15, 0.2) is 35.5 Å². The molecule has 23 heavy (non-hydrogen) atoms. The van der Waals surface area contributed by atoms with Crippen molar-refractivity contribution in [2.75, 3.05) is 20.8 Å². The van der Waals surface area contributed by atoms with E-state index < -0.39 is 10.0 Å². The second-order valence-corrected chi connectivity index (χ2v) is 6.91. The summed E-state index contributed by atoms with van der Waals surface area (Å²) in [5, 5.41) is 3.93. The van der Waals surface area contributed by atoms with E-state index in [1.807, 2.05) is 6.07 Å². The SMILES string of the molecule is CCN(Cc1ccc(OC)c(OC)c1)S(=O)(=O)c1cnn(C)c1. The summed E-state index contributed by atoms with van der Waals surface area (Å²) < 4.78 is 38.7. The van der Waals surface area contributed by atoms with Gasteiger partial charge in [-0.1, -0.05) is 13.0 Å². The maximum absolute atomic E-state index is 12.7. The Morgan fingerprint density at radius 2 is 1.91 bits per heavy atom. The molecule has 2 rings (SSSR count). The lowest BCUT2D eigenvalue weighted by atomic mass is 10.2. The van der Waals surface area contributed by atoms with Gasteiger partial charge in [0, 0.05) is 26.3 Å². The Kier molecular flexibility index (Phi) is 5.27. The number of ether oxygens (including phenoxy) is 2. The molecule has 0 aliphatic heterocycles. The molecular formula is C15H21N3O4S. The van der Waals surface area contributed by atoms with E-state index in [-0.39, 0.29) is 11.4 Å². The molecule has 0 atom stereocenters. The second-order valence-electron chi connectivity index (χ2n) is 4.97. The highest BCUT2D eigenvalue weighted by molar-refractivity contribution is 7.89. The summed E-state index contributed by atoms with van der Waals surface area (Å²) in [6.07, 6.45) is 2.85. The van der Waals surface area contributed by atoms with Crippen molar-refractivity contribution in [3.05, 3.63) is 36.2 Å². The molecule has 0 N–H and O–H groups in total. The van der Waals surface area contributed by atoms with Crippen molar-refractivity contribution in [1.82, 2.24) is 14.1 Å². The number of rotatable bonds is 7. The number of sulfonamides is 1. The van der Waals surface area contributed by atoms with E-state index in [2.05, 4.69) is 5.10 Å². The van der Waals surface area contributed by atoms with Gasteiger partial charge in [-0.2, -0.15) is 9.40 Å². The lowest BCUT2D eigenvalue weighted by Gasteiger charge is -2.20. The van der Waals surface area contributed by atoms with Gasteiger partial charge in [0.15, 0.2) is 11.5 Å². The van der Waals surface area contributed by atoms with Crippen molar-refractivity contribution in [2.24, 2.45) is 7.05 Å². The number of nitrogens with zero attached hydrogens (tertiary/aromatic N) is 3. The van der Waals surface area contributed by atoms with E-state index in [1.165, 1.54) is 21.4 Å². The number of benzene rings is 1. The molecule has 1 aromatic carbocycles. The monoisotopic (exact) mass is 339 g/mol. The molecule has 0 bridgehead atoms. The smallest absolute Gasteiger partial charge is 0.246 e. The Labute approximate surface area is 136 Å². The number of methoxy groups -OCH3 is 2. The van der Waals surface area contributed by atoms with Crippen LogP contribution in [0.3, 0.4) is 0 Å². The minimum atomic E-state index is -3.59. The molecular weight excluding hydrogens is 318 g/mol. The van der Waals surface area contributed by atoms with Crippen molar-refractivity contribution >= 4 is 10.0 Å². The van der Waals surface area contributed by atoms with Gasteiger partial charge in [-0.3, -0.25) is 4.68 Å². The first-order valence-electron chi connectivity index (χ1n) is 7.12. The minimum Gasteiger partial charge on any atom is -0.493 e. The van der Waals surface area contributed by atoms with Crippen molar-refractivity contribution < 1.29 is 17.9 Å². The van der Waals surface area contributed by atoms with Gasteiger partial charge in [-0.25, -0.2) is 8.42 Å². The Bertz CT molecular complexity index is 771. The van der Waals surface area contributed by atoms with Crippen LogP contribution in [0.25, 0.3) is 0 Å². The van der Waals surface area contributed by atoms with Crippen LogP contribution in [0.5, 0.6) is 11.5 Å². The third-order valence-electron chi connectivity index (χ3n) is 3.48. The quantitative estimate of drug-likeness (QED) is 0.767. The summed E-state index contributed by atoms with van der Waals surface area (Å²) in [5.74, 6) is 1.18. The average molecular weight is 339 g/mol. The summed E-state index contributed by atoms with van der Waals surface area (Å²) in [6.45, 7) is 2.40. The van der Waals surface area contributed by atoms with Crippen molar-refractivity contribution in [3.8, 4) is 11.5 Å². The maximum Gasteiger partial charge on any atom is 0.246 e. The normalized spacial score (nSPS) is 11.7. The summed E-state index contributed by atoms with van der Waals surface area (Å²) in [6, 6.07) is 5.36. The zero-order valence-electron chi connectivity index (χ0n) is 13.7. The van der Waals surface area contributed by atoms with Crippen LogP contribution in [0.2, 0.25) is 0 Å². The first-order valence-corrected chi connectivity index (χ1v) is 8.56. The van der Waals surface area contributed by atoms with Gasteiger partial charge in [-0.05, 0) is 17.7 Å². The fourth-order valence-corrected chi connectivity index (χ4v) is 3.65. The fraction of sp³-hybridized carbons (Fsp3) is 0.400. The van der Waals surface area contributed by atoms with Gasteiger partial charge in [-0.15, -0.1) is 0 Å². The minimum absolute atomic E-state index is 0.183. The zero-order valence-corrected chi connectivity index (χ0v) is 14.5. The summed E-state index contributed by atoms with van der Waals surface area (Å²) in [4.78, 5) is 0.183. The van der Waals surface area contributed by atoms with Crippen LogP contribution in [0, 0.1) is 0 Å². The molecule has 0 radical (unpaired) electrons. The van der Waals surface area contributed by atoms with E-state index in [1.54, 1.807) is 40.3 Å². The van der Waals surface area contributed by atoms with E-state index in [0.29, 0.717) is 18.0 Å². The predicted molar refractivity (Wildman–Crippen MR) is 86.0 cm³/mol. The number of aromatic nitrogens is 2. The first-order chi connectivity index (χ1) is 10.9. The van der Waals surface area contributed by atoms with Gasteiger partial charge in [0.2, 0.25) is 10.0 Å². The molecule has 126 valence electrons. The van der Waals surface area contributed by atoms with Crippen molar-refractivity contribution in [3.63, 3.8) is 0 Å². The van der Waals surface area contributed by atoms with E-state index >= 15 is 0 Å². The molecule has 0 aliphatic carbocycles. The number of hydrogen-bond acceptors (Lipinski definition) is 5. The Balaban J connectivity index is 2.29. The van der Waals surface area contributed by atoms with Crippen LogP contribution in [0.4, 0.5) is 0 Å². The molecule has 8 heteroatoms. The second kappa shape index (κ2) is 7.01. The molecule has 0 amide bonds. The van der Waals surface area contributed by atoms with Gasteiger partial charge in [0.05, 0.1) is 20.4 Å².